The van der Waals surface area contributed by atoms with Gasteiger partial charge < -0.3 is 5.32 Å². The first-order valence-corrected chi connectivity index (χ1v) is 8.59. The highest BCUT2D eigenvalue weighted by Gasteiger charge is 2.21. The molecule has 1 atom stereocenters. The molecule has 0 fully saturated rings. The minimum atomic E-state index is -3.57. The smallest absolute Gasteiger partial charge is 0.260 e. The Morgan fingerprint density at radius 1 is 1.50 bits per heavy atom. The third-order valence-electron chi connectivity index (χ3n) is 2.17. The van der Waals surface area contributed by atoms with Gasteiger partial charge in [0, 0.05) is 24.5 Å². The van der Waals surface area contributed by atoms with Crippen LogP contribution in [0.2, 0.25) is 0 Å². The molecule has 102 valence electrons. The Morgan fingerprint density at radius 2 is 2.22 bits per heavy atom. The average molecular weight is 289 g/mol. The van der Waals surface area contributed by atoms with Crippen LogP contribution in [0.3, 0.4) is 0 Å². The van der Waals surface area contributed by atoms with Crippen molar-refractivity contribution >= 4 is 27.5 Å². The lowest BCUT2D eigenvalue weighted by Gasteiger charge is -2.14. The maximum atomic E-state index is 12.2. The van der Waals surface area contributed by atoms with Gasteiger partial charge in [0.15, 0.2) is 5.03 Å². The molecule has 0 amide bonds. The second kappa shape index (κ2) is 6.96. The molecule has 0 saturated heterocycles. The Hall–Kier alpha value is -0.790. The van der Waals surface area contributed by atoms with Crippen LogP contribution in [0.25, 0.3) is 0 Å². The van der Waals surface area contributed by atoms with Gasteiger partial charge in [-0.15, -0.1) is 0 Å². The third-order valence-corrected chi connectivity index (χ3v) is 4.55. The number of nitrogens with one attached hydrogen (secondary N) is 2. The first-order chi connectivity index (χ1) is 8.51. The molecular formula is C11H19N3O2S2. The van der Waals surface area contributed by atoms with Gasteiger partial charge in [0.1, 0.15) is 0 Å². The van der Waals surface area contributed by atoms with Gasteiger partial charge in [0.2, 0.25) is 0 Å². The van der Waals surface area contributed by atoms with Crippen LogP contribution in [0.15, 0.2) is 23.4 Å². The van der Waals surface area contributed by atoms with Gasteiger partial charge in [-0.25, -0.2) is 18.1 Å². The minimum Gasteiger partial charge on any atom is -0.383 e. The Bertz CT molecular complexity index is 477. The summed E-state index contributed by atoms with van der Waals surface area (Å²) in [6, 6.07) is 3.30. The van der Waals surface area contributed by atoms with E-state index in [2.05, 4.69) is 15.0 Å². The summed E-state index contributed by atoms with van der Waals surface area (Å²) >= 11 is 1.60. The number of pyridine rings is 1. The minimum absolute atomic E-state index is 0.0554. The number of aromatic nitrogens is 1. The van der Waals surface area contributed by atoms with E-state index in [9.17, 15) is 8.42 Å². The number of sulfonamides is 1. The van der Waals surface area contributed by atoms with Crippen LogP contribution in [0.4, 0.5) is 5.69 Å². The van der Waals surface area contributed by atoms with Crippen LogP contribution in [0.5, 0.6) is 0 Å². The van der Waals surface area contributed by atoms with Crippen LogP contribution in [0, 0.1) is 0 Å². The first-order valence-electron chi connectivity index (χ1n) is 5.71. The lowest BCUT2D eigenvalue weighted by Crippen LogP contribution is -2.35. The zero-order valence-corrected chi connectivity index (χ0v) is 12.4. The van der Waals surface area contributed by atoms with Gasteiger partial charge in [-0.05, 0) is 32.2 Å². The third kappa shape index (κ3) is 4.15. The van der Waals surface area contributed by atoms with Crippen molar-refractivity contribution in [2.24, 2.45) is 0 Å². The summed E-state index contributed by atoms with van der Waals surface area (Å²) in [5.74, 6) is 0.725. The van der Waals surface area contributed by atoms with E-state index in [4.69, 9.17) is 0 Å². The largest absolute Gasteiger partial charge is 0.383 e. The van der Waals surface area contributed by atoms with Gasteiger partial charge >= 0.3 is 0 Å². The van der Waals surface area contributed by atoms with Gasteiger partial charge in [-0.1, -0.05) is 0 Å². The molecule has 1 rings (SSSR count). The van der Waals surface area contributed by atoms with Crippen molar-refractivity contribution in [3.05, 3.63) is 18.3 Å². The molecule has 5 nitrogen and oxygen atoms in total. The van der Waals surface area contributed by atoms with E-state index < -0.39 is 10.0 Å². The summed E-state index contributed by atoms with van der Waals surface area (Å²) < 4.78 is 27.0. The molecule has 1 unspecified atom stereocenters. The number of rotatable bonds is 7. The van der Waals surface area contributed by atoms with Gasteiger partial charge in [0.05, 0.1) is 5.69 Å². The van der Waals surface area contributed by atoms with Gasteiger partial charge in [-0.3, -0.25) is 0 Å². The summed E-state index contributed by atoms with van der Waals surface area (Å²) in [5.41, 5.74) is 0.531. The molecule has 7 heteroatoms. The summed E-state index contributed by atoms with van der Waals surface area (Å²) in [6.45, 7) is 4.39. The summed E-state index contributed by atoms with van der Waals surface area (Å²) in [6.07, 6.45) is 3.42. The molecule has 0 aromatic carbocycles. The van der Waals surface area contributed by atoms with Gasteiger partial charge in [0.25, 0.3) is 10.0 Å². The number of hydrogen-bond donors (Lipinski definition) is 2. The zero-order chi connectivity index (χ0) is 13.6. The number of nitrogens with zero attached hydrogens (tertiary/aromatic N) is 1. The molecule has 0 aliphatic heterocycles. The zero-order valence-electron chi connectivity index (χ0n) is 10.8. The number of thioether (sulfide) groups is 1. The maximum Gasteiger partial charge on any atom is 0.260 e. The lowest BCUT2D eigenvalue weighted by atomic mass is 10.4. The molecule has 0 radical (unpaired) electrons. The number of anilines is 1. The predicted octanol–water partition coefficient (Wildman–Crippen LogP) is 1.54. The van der Waals surface area contributed by atoms with E-state index in [1.54, 1.807) is 23.9 Å². The Labute approximate surface area is 113 Å². The molecule has 1 aromatic heterocycles. The van der Waals surface area contributed by atoms with Gasteiger partial charge in [-0.2, -0.15) is 11.8 Å². The summed E-state index contributed by atoms with van der Waals surface area (Å²) in [4.78, 5) is 3.96. The second-order valence-corrected chi connectivity index (χ2v) is 6.40. The molecular weight excluding hydrogens is 270 g/mol. The fraction of sp³-hybridized carbons (Fsp3) is 0.545. The number of hydrogen-bond acceptors (Lipinski definition) is 5. The van der Waals surface area contributed by atoms with E-state index in [0.29, 0.717) is 12.2 Å². The highest BCUT2D eigenvalue weighted by atomic mass is 32.2. The van der Waals surface area contributed by atoms with E-state index in [1.165, 1.54) is 6.20 Å². The molecule has 2 N–H and O–H groups in total. The summed E-state index contributed by atoms with van der Waals surface area (Å²) in [5, 5.41) is 3.06. The van der Waals surface area contributed by atoms with Crippen molar-refractivity contribution in [3.8, 4) is 0 Å². The molecule has 0 aliphatic rings. The van der Waals surface area contributed by atoms with Crippen LogP contribution < -0.4 is 10.0 Å². The molecule has 1 heterocycles. The van der Waals surface area contributed by atoms with E-state index >= 15 is 0 Å². The lowest BCUT2D eigenvalue weighted by molar-refractivity contribution is 0.567. The Balaban J connectivity index is 2.97. The summed E-state index contributed by atoms with van der Waals surface area (Å²) in [7, 11) is -3.57. The molecule has 0 bridgehead atoms. The first kappa shape index (κ1) is 15.3. The molecule has 0 aliphatic carbocycles. The van der Waals surface area contributed by atoms with Crippen molar-refractivity contribution in [2.45, 2.75) is 24.9 Å². The van der Waals surface area contributed by atoms with Crippen LogP contribution >= 0.6 is 11.8 Å². The van der Waals surface area contributed by atoms with Crippen molar-refractivity contribution in [2.75, 3.05) is 23.9 Å². The normalized spacial score (nSPS) is 13.3. The Kier molecular flexibility index (Phi) is 5.90. The fourth-order valence-corrected chi connectivity index (χ4v) is 3.58. The highest BCUT2D eigenvalue weighted by molar-refractivity contribution is 7.98. The fourth-order valence-electron chi connectivity index (χ4n) is 1.53. The van der Waals surface area contributed by atoms with Crippen LogP contribution in [-0.2, 0) is 10.0 Å². The average Bonchev–Trinajstić information content (AvgIpc) is 2.29. The van der Waals surface area contributed by atoms with Crippen LogP contribution in [-0.4, -0.2) is 38.0 Å². The Morgan fingerprint density at radius 3 is 2.83 bits per heavy atom. The molecule has 1 aromatic rings. The van der Waals surface area contributed by atoms with Crippen molar-refractivity contribution in [1.29, 1.82) is 0 Å². The van der Waals surface area contributed by atoms with Crippen molar-refractivity contribution in [3.63, 3.8) is 0 Å². The molecule has 18 heavy (non-hydrogen) atoms. The van der Waals surface area contributed by atoms with Crippen molar-refractivity contribution in [1.82, 2.24) is 9.71 Å². The van der Waals surface area contributed by atoms with Crippen LogP contribution in [0.1, 0.15) is 13.8 Å². The molecule has 0 saturated carbocycles. The topological polar surface area (TPSA) is 71.1 Å². The second-order valence-electron chi connectivity index (χ2n) is 3.86. The van der Waals surface area contributed by atoms with E-state index in [-0.39, 0.29) is 11.1 Å². The SMILES string of the molecule is CCNc1cccnc1S(=O)(=O)NC(C)CSC. The monoisotopic (exact) mass is 289 g/mol. The highest BCUT2D eigenvalue weighted by Crippen LogP contribution is 2.18. The van der Waals surface area contributed by atoms with E-state index in [1.807, 2.05) is 20.1 Å². The standard InChI is InChI=1S/C11H19N3O2S2/c1-4-12-10-6-5-7-13-11(10)18(15,16)14-9(2)8-17-3/h5-7,9,12,14H,4,8H2,1-3H3. The maximum absolute atomic E-state index is 12.2. The van der Waals surface area contributed by atoms with E-state index in [0.717, 1.165) is 5.75 Å². The quantitative estimate of drug-likeness (QED) is 0.797. The van der Waals surface area contributed by atoms with Crippen molar-refractivity contribution < 1.29 is 8.42 Å². The predicted molar refractivity (Wildman–Crippen MR) is 76.6 cm³/mol. The molecule has 0 spiro atoms.